The van der Waals surface area contributed by atoms with Gasteiger partial charge in [0.05, 0.1) is 29.5 Å². The van der Waals surface area contributed by atoms with E-state index >= 15 is 0 Å². The van der Waals surface area contributed by atoms with Crippen molar-refractivity contribution in [2.45, 2.75) is 36.0 Å². The molecule has 0 N–H and O–H groups in total. The molecule has 30 heavy (non-hydrogen) atoms. The van der Waals surface area contributed by atoms with Crippen molar-refractivity contribution in [2.24, 2.45) is 0 Å². The first kappa shape index (κ1) is 22.6. The minimum atomic E-state index is -6.00. The molecule has 2 aromatic rings. The number of nitrogens with zero attached hydrogens (tertiary/aromatic N) is 2. The van der Waals surface area contributed by atoms with E-state index in [0.29, 0.717) is 0 Å². The number of thioether (sulfide) groups is 1. The van der Waals surface area contributed by atoms with Crippen LogP contribution < -0.4 is 4.18 Å². The molecule has 0 saturated heterocycles. The third-order valence-corrected chi connectivity index (χ3v) is 5.60. The molecule has 3 rings (SSSR count). The summed E-state index contributed by atoms with van der Waals surface area (Å²) in [7, 11) is -6.00. The van der Waals surface area contributed by atoms with E-state index in [0.717, 1.165) is 17.8 Å². The van der Waals surface area contributed by atoms with Gasteiger partial charge in [-0.3, -0.25) is 0 Å². The number of hydrogen-bond donors (Lipinski definition) is 0. The van der Waals surface area contributed by atoms with Crippen molar-refractivity contribution >= 4 is 21.9 Å². The normalized spacial score (nSPS) is 17.5. The van der Waals surface area contributed by atoms with Crippen LogP contribution in [0.25, 0.3) is 0 Å². The number of ether oxygens (including phenoxy) is 1. The van der Waals surface area contributed by atoms with Gasteiger partial charge in [-0.25, -0.2) is 4.98 Å². The van der Waals surface area contributed by atoms with Crippen molar-refractivity contribution in [3.05, 3.63) is 46.6 Å². The molecule has 0 bridgehead atoms. The Labute approximate surface area is 170 Å². The summed E-state index contributed by atoms with van der Waals surface area (Å²) in [5, 5.41) is -0.106. The molecule has 0 saturated carbocycles. The zero-order valence-electron chi connectivity index (χ0n) is 14.9. The van der Waals surface area contributed by atoms with E-state index in [1.807, 2.05) is 0 Å². The number of fused-ring (bicyclic) bond motifs is 1. The smallest absolute Gasteiger partial charge is 0.368 e. The highest BCUT2D eigenvalue weighted by Crippen LogP contribution is 2.40. The van der Waals surface area contributed by atoms with E-state index in [9.17, 15) is 34.8 Å². The standard InChI is InChI=1S/C16H12F6N2O4S2/c1-29-14-23-11-6-12(8-4-2-3-5-10(8)15(17,18)19)27-7-9(11)13(24-14)28-30(25,26)16(20,21)22/h2-5,12H,6-7H2,1H3. The molecule has 1 aliphatic heterocycles. The fraction of sp³-hybridized carbons (Fsp3) is 0.375. The second kappa shape index (κ2) is 7.89. The maximum Gasteiger partial charge on any atom is 0.534 e. The maximum absolute atomic E-state index is 13.3. The van der Waals surface area contributed by atoms with E-state index in [1.165, 1.54) is 24.5 Å². The molecule has 1 aliphatic rings. The van der Waals surface area contributed by atoms with Crippen molar-refractivity contribution < 1.29 is 43.7 Å². The van der Waals surface area contributed by atoms with E-state index < -0.39 is 46.0 Å². The third-order valence-electron chi connectivity index (χ3n) is 4.11. The zero-order chi connectivity index (χ0) is 22.3. The predicted molar refractivity (Wildman–Crippen MR) is 92.1 cm³/mol. The lowest BCUT2D eigenvalue weighted by Crippen LogP contribution is -2.30. The second-order valence-electron chi connectivity index (χ2n) is 6.01. The van der Waals surface area contributed by atoms with Gasteiger partial charge in [0.2, 0.25) is 5.88 Å². The Kier molecular flexibility index (Phi) is 5.95. The fourth-order valence-electron chi connectivity index (χ4n) is 2.77. The Hall–Kier alpha value is -2.06. The van der Waals surface area contributed by atoms with Crippen molar-refractivity contribution in [1.82, 2.24) is 9.97 Å². The molecule has 14 heteroatoms. The highest BCUT2D eigenvalue weighted by Gasteiger charge is 2.49. The van der Waals surface area contributed by atoms with Crippen molar-refractivity contribution in [3.8, 4) is 5.88 Å². The first-order chi connectivity index (χ1) is 13.8. The van der Waals surface area contributed by atoms with Gasteiger partial charge in [-0.15, -0.1) is 0 Å². The fourth-order valence-corrected chi connectivity index (χ4v) is 3.58. The molecule has 2 heterocycles. The molecule has 164 valence electrons. The SMILES string of the molecule is CSc1nc2c(c(OS(=O)(=O)C(F)(F)F)n1)COC(c1ccccc1C(F)(F)F)C2. The molecule has 1 atom stereocenters. The van der Waals surface area contributed by atoms with Gasteiger partial charge in [0, 0.05) is 6.42 Å². The summed E-state index contributed by atoms with van der Waals surface area (Å²) in [5.41, 5.74) is -6.93. The molecule has 1 aromatic carbocycles. The summed E-state index contributed by atoms with van der Waals surface area (Å²) in [6.45, 7) is -0.538. The Bertz CT molecular complexity index is 1060. The lowest BCUT2D eigenvalue weighted by atomic mass is 9.95. The van der Waals surface area contributed by atoms with Gasteiger partial charge in [0.15, 0.2) is 5.16 Å². The zero-order valence-corrected chi connectivity index (χ0v) is 16.5. The molecule has 0 fully saturated rings. The third kappa shape index (κ3) is 4.49. The number of benzene rings is 1. The number of hydrogen-bond acceptors (Lipinski definition) is 7. The van der Waals surface area contributed by atoms with Crippen LogP contribution in [-0.2, 0) is 34.1 Å². The number of alkyl halides is 6. The highest BCUT2D eigenvalue weighted by atomic mass is 32.2. The van der Waals surface area contributed by atoms with Gasteiger partial charge in [-0.05, 0) is 17.9 Å². The average molecular weight is 474 g/mol. The summed E-state index contributed by atoms with van der Waals surface area (Å²) < 4.78 is 110. The number of halogens is 6. The Morgan fingerprint density at radius 1 is 1.13 bits per heavy atom. The first-order valence-corrected chi connectivity index (χ1v) is 10.7. The molecule has 1 unspecified atom stereocenters. The average Bonchev–Trinajstić information content (AvgIpc) is 2.65. The minimum absolute atomic E-state index is 0.0370. The summed E-state index contributed by atoms with van der Waals surface area (Å²) in [6, 6.07) is 4.71. The molecule has 0 aliphatic carbocycles. The van der Waals surface area contributed by atoms with Crippen LogP contribution in [0.3, 0.4) is 0 Å². The van der Waals surface area contributed by atoms with E-state index in [4.69, 9.17) is 4.74 Å². The molecular weight excluding hydrogens is 462 g/mol. The molecule has 1 aromatic heterocycles. The lowest BCUT2D eigenvalue weighted by molar-refractivity contribution is -0.139. The van der Waals surface area contributed by atoms with Crippen molar-refractivity contribution in [1.29, 1.82) is 0 Å². The van der Waals surface area contributed by atoms with Crippen LogP contribution in [0.15, 0.2) is 29.4 Å². The molecule has 0 spiro atoms. The largest absolute Gasteiger partial charge is 0.534 e. The monoisotopic (exact) mass is 474 g/mol. The van der Waals surface area contributed by atoms with Crippen molar-refractivity contribution in [3.63, 3.8) is 0 Å². The van der Waals surface area contributed by atoms with E-state index in [1.54, 1.807) is 0 Å². The lowest BCUT2D eigenvalue weighted by Gasteiger charge is -2.28. The van der Waals surface area contributed by atoms with Crippen LogP contribution >= 0.6 is 11.8 Å². The summed E-state index contributed by atoms with van der Waals surface area (Å²) in [4.78, 5) is 7.74. The molecule has 0 amide bonds. The summed E-state index contributed by atoms with van der Waals surface area (Å²) in [5.74, 6) is -0.871. The Morgan fingerprint density at radius 3 is 2.40 bits per heavy atom. The quantitative estimate of drug-likeness (QED) is 0.215. The van der Waals surface area contributed by atoms with Gasteiger partial charge in [-0.1, -0.05) is 30.0 Å². The van der Waals surface area contributed by atoms with Crippen molar-refractivity contribution in [2.75, 3.05) is 6.26 Å². The topological polar surface area (TPSA) is 78.4 Å². The Morgan fingerprint density at radius 2 is 1.80 bits per heavy atom. The first-order valence-electron chi connectivity index (χ1n) is 8.05. The number of rotatable bonds is 4. The molecule has 0 radical (unpaired) electrons. The van der Waals surface area contributed by atoms with Crippen LogP contribution in [-0.4, -0.2) is 30.1 Å². The van der Waals surface area contributed by atoms with E-state index in [-0.39, 0.29) is 28.4 Å². The van der Waals surface area contributed by atoms with Gasteiger partial charge >= 0.3 is 21.8 Å². The highest BCUT2D eigenvalue weighted by molar-refractivity contribution is 7.98. The van der Waals surface area contributed by atoms with Crippen LogP contribution in [0.2, 0.25) is 0 Å². The summed E-state index contributed by atoms with van der Waals surface area (Å²) >= 11 is 0.895. The van der Waals surface area contributed by atoms with Gasteiger partial charge in [-0.2, -0.15) is 39.7 Å². The van der Waals surface area contributed by atoms with Crippen LogP contribution in [0.4, 0.5) is 26.3 Å². The molecule has 6 nitrogen and oxygen atoms in total. The van der Waals surface area contributed by atoms with E-state index in [2.05, 4.69) is 14.2 Å². The second-order valence-corrected chi connectivity index (χ2v) is 8.32. The van der Waals surface area contributed by atoms with Gasteiger partial charge in [0.25, 0.3) is 0 Å². The summed E-state index contributed by atoms with van der Waals surface area (Å²) in [6.07, 6.45) is -4.52. The molecular formula is C16H12F6N2O4S2. The number of aromatic nitrogens is 2. The van der Waals surface area contributed by atoms with Crippen LogP contribution in [0, 0.1) is 0 Å². The van der Waals surface area contributed by atoms with Crippen LogP contribution in [0.1, 0.15) is 28.5 Å². The van der Waals surface area contributed by atoms with Gasteiger partial charge in [0.1, 0.15) is 0 Å². The van der Waals surface area contributed by atoms with Crippen LogP contribution in [0.5, 0.6) is 5.88 Å². The van der Waals surface area contributed by atoms with Gasteiger partial charge < -0.3 is 8.92 Å². The maximum atomic E-state index is 13.3. The minimum Gasteiger partial charge on any atom is -0.368 e. The Balaban J connectivity index is 2.01. The predicted octanol–water partition coefficient (Wildman–Crippen LogP) is 4.26.